The van der Waals surface area contributed by atoms with Crippen molar-refractivity contribution in [1.82, 2.24) is 14.1 Å². The molecule has 2 aliphatic carbocycles. The van der Waals surface area contributed by atoms with Crippen LogP contribution in [-0.4, -0.2) is 14.1 Å². The Morgan fingerprint density at radius 3 is 2.65 bits per heavy atom. The first-order chi connectivity index (χ1) is 11.3. The molecule has 3 nitrogen and oxygen atoms in total. The molecule has 0 atom stereocenters. The summed E-state index contributed by atoms with van der Waals surface area (Å²) in [4.78, 5) is 4.30. The summed E-state index contributed by atoms with van der Waals surface area (Å²) in [6.45, 7) is 0. The van der Waals surface area contributed by atoms with Gasteiger partial charge in [-0.15, -0.1) is 0 Å². The lowest BCUT2D eigenvalue weighted by atomic mass is 10.0. The molecule has 118 valence electrons. The second kappa shape index (κ2) is 7.14. The number of aromatic nitrogens is 3. The van der Waals surface area contributed by atoms with E-state index < -0.39 is 0 Å². The van der Waals surface area contributed by atoms with Gasteiger partial charge in [0.25, 0.3) is 0 Å². The van der Waals surface area contributed by atoms with Gasteiger partial charge in [0.05, 0.1) is 0 Å². The molecule has 0 fully saturated rings. The zero-order valence-electron chi connectivity index (χ0n) is 13.8. The van der Waals surface area contributed by atoms with Crippen LogP contribution in [0.4, 0.5) is 0 Å². The molecule has 3 heteroatoms. The Kier molecular flexibility index (Phi) is 4.77. The molecule has 0 saturated carbocycles. The molecule has 0 unspecified atom stereocenters. The van der Waals surface area contributed by atoms with Crippen molar-refractivity contribution in [3.63, 3.8) is 0 Å². The highest BCUT2D eigenvalue weighted by molar-refractivity contribution is 5.63. The summed E-state index contributed by atoms with van der Waals surface area (Å²) in [6.07, 6.45) is 24.2. The number of allylic oxidation sites excluding steroid dienone is 7. The summed E-state index contributed by atoms with van der Waals surface area (Å²) in [7, 11) is 4.12. The Hall–Kier alpha value is -2.55. The van der Waals surface area contributed by atoms with Crippen LogP contribution in [-0.2, 0) is 20.5 Å². The first kappa shape index (κ1) is 15.3. The third kappa shape index (κ3) is 3.62. The summed E-state index contributed by atoms with van der Waals surface area (Å²) in [6, 6.07) is 2.15. The van der Waals surface area contributed by atoms with Crippen LogP contribution in [0.15, 0.2) is 61.1 Å². The van der Waals surface area contributed by atoms with E-state index in [1.807, 2.05) is 19.4 Å². The van der Waals surface area contributed by atoms with E-state index in [1.54, 1.807) is 0 Å². The lowest BCUT2D eigenvalue weighted by molar-refractivity contribution is 0.857. The number of aryl methyl sites for hydroxylation is 2. The van der Waals surface area contributed by atoms with Crippen molar-refractivity contribution in [3.8, 4) is 0 Å². The van der Waals surface area contributed by atoms with E-state index >= 15 is 0 Å². The predicted octanol–water partition coefficient (Wildman–Crippen LogP) is 4.30. The van der Waals surface area contributed by atoms with Gasteiger partial charge in [0.2, 0.25) is 0 Å². The number of nitrogens with zero attached hydrogens (tertiary/aromatic N) is 3. The molecule has 2 aromatic rings. The number of hydrogen-bond acceptors (Lipinski definition) is 1. The fourth-order valence-electron chi connectivity index (χ4n) is 2.88. The van der Waals surface area contributed by atoms with E-state index in [4.69, 9.17) is 0 Å². The largest absolute Gasteiger partial charge is 0.354 e. The summed E-state index contributed by atoms with van der Waals surface area (Å²) in [5, 5.41) is 0. The molecular formula is C20H23N3. The molecule has 2 aliphatic rings. The van der Waals surface area contributed by atoms with Gasteiger partial charge in [-0.3, -0.25) is 0 Å². The van der Waals surface area contributed by atoms with E-state index in [1.165, 1.54) is 16.8 Å². The molecule has 0 aliphatic heterocycles. The van der Waals surface area contributed by atoms with Crippen LogP contribution in [0.1, 0.15) is 29.9 Å². The Balaban J connectivity index is 0.000000136. The minimum absolute atomic E-state index is 1.05. The molecule has 0 amide bonds. The van der Waals surface area contributed by atoms with Crippen molar-refractivity contribution in [2.45, 2.75) is 19.3 Å². The Morgan fingerprint density at radius 1 is 1.00 bits per heavy atom. The molecule has 0 bridgehead atoms. The number of fused-ring (bicyclic) bond motifs is 1. The topological polar surface area (TPSA) is 22.8 Å². The number of hydrogen-bond donors (Lipinski definition) is 0. The maximum atomic E-state index is 4.30. The minimum Gasteiger partial charge on any atom is -0.354 e. The van der Waals surface area contributed by atoms with Crippen molar-refractivity contribution >= 4 is 11.6 Å². The third-order valence-corrected chi connectivity index (χ3v) is 4.19. The molecule has 23 heavy (non-hydrogen) atoms. The normalized spacial score (nSPS) is 15.5. The molecule has 0 spiro atoms. The van der Waals surface area contributed by atoms with Gasteiger partial charge in [0.1, 0.15) is 5.82 Å². The first-order valence-electron chi connectivity index (χ1n) is 8.06. The molecule has 0 N–H and O–H groups in total. The average molecular weight is 305 g/mol. The van der Waals surface area contributed by atoms with E-state index in [0.717, 1.165) is 25.1 Å². The first-order valence-corrected chi connectivity index (χ1v) is 8.06. The molecule has 2 heterocycles. The molecule has 0 aromatic carbocycles. The smallest absolute Gasteiger partial charge is 0.135 e. The SMILES string of the molecule is Cn1ccc2c1CC=CC=C2.Cn1ccnc1C1=CC=CCC1. The Labute approximate surface area is 138 Å². The van der Waals surface area contributed by atoms with E-state index in [9.17, 15) is 0 Å². The van der Waals surface area contributed by atoms with Crippen LogP contribution in [0.2, 0.25) is 0 Å². The Bertz CT molecular complexity index is 782. The molecule has 0 radical (unpaired) electrons. The van der Waals surface area contributed by atoms with Crippen LogP contribution in [0, 0.1) is 0 Å². The van der Waals surface area contributed by atoms with E-state index in [0.29, 0.717) is 0 Å². The van der Waals surface area contributed by atoms with Gasteiger partial charge >= 0.3 is 0 Å². The average Bonchev–Trinajstić information content (AvgIpc) is 3.07. The highest BCUT2D eigenvalue weighted by Crippen LogP contribution is 2.21. The van der Waals surface area contributed by atoms with Crippen LogP contribution < -0.4 is 0 Å². The fraction of sp³-hybridized carbons (Fsp3) is 0.250. The lowest BCUT2D eigenvalue weighted by Crippen LogP contribution is -1.97. The molecule has 4 rings (SSSR count). The maximum Gasteiger partial charge on any atom is 0.135 e. The Morgan fingerprint density at radius 2 is 1.91 bits per heavy atom. The number of rotatable bonds is 1. The van der Waals surface area contributed by atoms with Gasteiger partial charge in [-0.1, -0.05) is 42.5 Å². The molecule has 2 aromatic heterocycles. The zero-order chi connectivity index (χ0) is 16.1. The summed E-state index contributed by atoms with van der Waals surface area (Å²) in [5.41, 5.74) is 4.08. The van der Waals surface area contributed by atoms with E-state index in [-0.39, 0.29) is 0 Å². The zero-order valence-corrected chi connectivity index (χ0v) is 13.8. The van der Waals surface area contributed by atoms with Gasteiger partial charge in [0, 0.05) is 44.8 Å². The van der Waals surface area contributed by atoms with Crippen LogP contribution in [0.3, 0.4) is 0 Å². The van der Waals surface area contributed by atoms with Crippen LogP contribution >= 0.6 is 0 Å². The van der Waals surface area contributed by atoms with Gasteiger partial charge in [-0.2, -0.15) is 0 Å². The summed E-state index contributed by atoms with van der Waals surface area (Å²) in [5.74, 6) is 1.10. The van der Waals surface area contributed by atoms with Gasteiger partial charge in [-0.25, -0.2) is 4.98 Å². The maximum absolute atomic E-state index is 4.30. The molecule has 0 saturated heterocycles. The van der Waals surface area contributed by atoms with Crippen LogP contribution in [0.5, 0.6) is 0 Å². The second-order valence-electron chi connectivity index (χ2n) is 5.84. The van der Waals surface area contributed by atoms with Crippen molar-refractivity contribution in [2.75, 3.05) is 0 Å². The second-order valence-corrected chi connectivity index (χ2v) is 5.84. The van der Waals surface area contributed by atoms with Gasteiger partial charge < -0.3 is 9.13 Å². The highest BCUT2D eigenvalue weighted by Gasteiger charge is 2.06. The summed E-state index contributed by atoms with van der Waals surface area (Å²) >= 11 is 0. The summed E-state index contributed by atoms with van der Waals surface area (Å²) < 4.78 is 4.24. The predicted molar refractivity (Wildman–Crippen MR) is 96.9 cm³/mol. The van der Waals surface area contributed by atoms with Crippen LogP contribution in [0.25, 0.3) is 11.6 Å². The highest BCUT2D eigenvalue weighted by atomic mass is 15.0. The fourth-order valence-corrected chi connectivity index (χ4v) is 2.88. The molecular weight excluding hydrogens is 282 g/mol. The van der Waals surface area contributed by atoms with Gasteiger partial charge in [-0.05, 0) is 30.0 Å². The van der Waals surface area contributed by atoms with Crippen molar-refractivity contribution in [3.05, 3.63) is 78.2 Å². The minimum atomic E-state index is 1.05. The quantitative estimate of drug-likeness (QED) is 0.770. The number of imidazole rings is 1. The monoisotopic (exact) mass is 305 g/mol. The lowest BCUT2D eigenvalue weighted by Gasteiger charge is -2.07. The van der Waals surface area contributed by atoms with Gasteiger partial charge in [0.15, 0.2) is 0 Å². The van der Waals surface area contributed by atoms with E-state index in [2.05, 4.69) is 76.0 Å². The van der Waals surface area contributed by atoms with Crippen molar-refractivity contribution in [2.24, 2.45) is 14.1 Å². The third-order valence-electron chi connectivity index (χ3n) is 4.19. The van der Waals surface area contributed by atoms with Crippen molar-refractivity contribution < 1.29 is 0 Å². The van der Waals surface area contributed by atoms with Crippen molar-refractivity contribution in [1.29, 1.82) is 0 Å². The standard InChI is InChI=1S/C10H12N2.C10H11N/c1-12-8-7-11-10(12)9-5-3-2-4-6-9;1-11-8-7-9-5-3-2-4-6-10(9)11/h2-3,5,7-8H,4,6H2,1H3;2-5,7-8H,6H2,1H3.